The van der Waals surface area contributed by atoms with E-state index in [9.17, 15) is 4.79 Å². The first-order chi connectivity index (χ1) is 6.22. The summed E-state index contributed by atoms with van der Waals surface area (Å²) in [5.41, 5.74) is 0.787. The third-order valence-electron chi connectivity index (χ3n) is 1.51. The molecule has 1 heterocycles. The van der Waals surface area contributed by atoms with E-state index in [1.165, 1.54) is 6.92 Å². The van der Waals surface area contributed by atoms with E-state index >= 15 is 0 Å². The van der Waals surface area contributed by atoms with E-state index in [4.69, 9.17) is 4.74 Å². The van der Waals surface area contributed by atoms with E-state index in [0.29, 0.717) is 12.4 Å². The van der Waals surface area contributed by atoms with Crippen molar-refractivity contribution in [1.29, 1.82) is 0 Å². The van der Waals surface area contributed by atoms with Crippen LogP contribution in [0.4, 0.5) is 0 Å². The Morgan fingerprint density at radius 1 is 1.62 bits per heavy atom. The van der Waals surface area contributed by atoms with Crippen LogP contribution < -0.4 is 10.1 Å². The summed E-state index contributed by atoms with van der Waals surface area (Å²) in [6, 6.07) is 5.43. The molecule has 0 radical (unpaired) electrons. The summed E-state index contributed by atoms with van der Waals surface area (Å²) in [5, 5.41) is 2.66. The highest BCUT2D eigenvalue weighted by atomic mass is 16.5. The maximum atomic E-state index is 10.6. The van der Waals surface area contributed by atoms with Gasteiger partial charge in [-0.2, -0.15) is 0 Å². The largest absolute Gasteiger partial charge is 0.481 e. The highest BCUT2D eigenvalue weighted by molar-refractivity contribution is 5.72. The monoisotopic (exact) mass is 180 g/mol. The van der Waals surface area contributed by atoms with E-state index in [2.05, 4.69) is 10.3 Å². The Morgan fingerprint density at radius 3 is 3.00 bits per heavy atom. The number of aromatic nitrogens is 1. The molecule has 4 nitrogen and oxygen atoms in total. The minimum atomic E-state index is -0.0652. The third-order valence-corrected chi connectivity index (χ3v) is 1.51. The summed E-state index contributed by atoms with van der Waals surface area (Å²) >= 11 is 0. The molecule has 0 spiro atoms. The van der Waals surface area contributed by atoms with Crippen molar-refractivity contribution in [1.82, 2.24) is 10.3 Å². The van der Waals surface area contributed by atoms with Crippen LogP contribution in [0, 0.1) is 0 Å². The lowest BCUT2D eigenvalue weighted by molar-refractivity contribution is -0.119. The molecule has 0 unspecified atom stereocenters. The average Bonchev–Trinajstić information content (AvgIpc) is 2.15. The van der Waals surface area contributed by atoms with Gasteiger partial charge < -0.3 is 10.1 Å². The van der Waals surface area contributed by atoms with Crippen LogP contribution in [0.15, 0.2) is 18.2 Å². The molecule has 0 saturated carbocycles. The lowest BCUT2D eigenvalue weighted by Crippen LogP contribution is -2.19. The summed E-state index contributed by atoms with van der Waals surface area (Å²) < 4.78 is 4.94. The van der Waals surface area contributed by atoms with Gasteiger partial charge in [-0.05, 0) is 6.07 Å². The second-order valence-corrected chi connectivity index (χ2v) is 2.58. The van der Waals surface area contributed by atoms with Crippen LogP contribution in [0.25, 0.3) is 0 Å². The Morgan fingerprint density at radius 2 is 2.38 bits per heavy atom. The van der Waals surface area contributed by atoms with Crippen molar-refractivity contribution in [2.24, 2.45) is 0 Å². The standard InChI is InChI=1S/C9H12N2O2/c1-7(12)10-6-8-4-3-5-9(11-8)13-2/h3-5H,6H2,1-2H3,(H,10,12). The van der Waals surface area contributed by atoms with Crippen molar-refractivity contribution in [3.8, 4) is 5.88 Å². The predicted molar refractivity (Wildman–Crippen MR) is 48.3 cm³/mol. The Hall–Kier alpha value is -1.58. The number of ether oxygens (including phenoxy) is 1. The number of nitrogens with zero attached hydrogens (tertiary/aromatic N) is 1. The van der Waals surface area contributed by atoms with Gasteiger partial charge in [-0.25, -0.2) is 4.98 Å². The number of methoxy groups -OCH3 is 1. The highest BCUT2D eigenvalue weighted by Crippen LogP contribution is 2.05. The Balaban J connectivity index is 2.61. The fraction of sp³-hybridized carbons (Fsp3) is 0.333. The molecule has 1 N–H and O–H groups in total. The SMILES string of the molecule is COc1cccc(CNC(C)=O)n1. The van der Waals surface area contributed by atoms with Gasteiger partial charge in [0, 0.05) is 13.0 Å². The zero-order valence-electron chi connectivity index (χ0n) is 7.70. The molecule has 1 aromatic heterocycles. The first-order valence-electron chi connectivity index (χ1n) is 3.96. The Bertz CT molecular complexity index is 299. The normalized spacial score (nSPS) is 9.38. The van der Waals surface area contributed by atoms with E-state index in [0.717, 1.165) is 5.69 Å². The number of carbonyl (C=O) groups excluding carboxylic acids is 1. The number of pyridine rings is 1. The van der Waals surface area contributed by atoms with Gasteiger partial charge >= 0.3 is 0 Å². The molecule has 1 rings (SSSR count). The molecule has 0 aliphatic carbocycles. The summed E-state index contributed by atoms with van der Waals surface area (Å²) in [6.07, 6.45) is 0. The molecule has 0 bridgehead atoms. The molecular weight excluding hydrogens is 168 g/mol. The Kier molecular flexibility index (Phi) is 3.25. The molecule has 4 heteroatoms. The van der Waals surface area contributed by atoms with Crippen LogP contribution in [0.2, 0.25) is 0 Å². The van der Waals surface area contributed by atoms with E-state index in [1.807, 2.05) is 12.1 Å². The second kappa shape index (κ2) is 4.45. The van der Waals surface area contributed by atoms with Crippen LogP contribution in [0.1, 0.15) is 12.6 Å². The number of rotatable bonds is 3. The molecule has 0 aliphatic rings. The molecule has 1 aromatic rings. The average molecular weight is 180 g/mol. The zero-order valence-corrected chi connectivity index (χ0v) is 7.70. The van der Waals surface area contributed by atoms with Crippen LogP contribution in [-0.4, -0.2) is 18.0 Å². The summed E-state index contributed by atoms with van der Waals surface area (Å²) in [6.45, 7) is 1.91. The summed E-state index contributed by atoms with van der Waals surface area (Å²) in [7, 11) is 1.56. The van der Waals surface area contributed by atoms with E-state index < -0.39 is 0 Å². The van der Waals surface area contributed by atoms with Crippen LogP contribution in [0.3, 0.4) is 0 Å². The maximum Gasteiger partial charge on any atom is 0.217 e. The van der Waals surface area contributed by atoms with Gasteiger partial charge in [0.2, 0.25) is 11.8 Å². The predicted octanol–water partition coefficient (Wildman–Crippen LogP) is 0.726. The first-order valence-corrected chi connectivity index (χ1v) is 3.96. The third kappa shape index (κ3) is 3.11. The highest BCUT2D eigenvalue weighted by Gasteiger charge is 1.97. The molecule has 0 aromatic carbocycles. The molecule has 0 aliphatic heterocycles. The molecule has 0 atom stereocenters. The molecule has 0 fully saturated rings. The maximum absolute atomic E-state index is 10.6. The fourth-order valence-electron chi connectivity index (χ4n) is 0.885. The topological polar surface area (TPSA) is 51.2 Å². The zero-order chi connectivity index (χ0) is 9.68. The summed E-state index contributed by atoms with van der Waals surface area (Å²) in [5.74, 6) is 0.493. The quantitative estimate of drug-likeness (QED) is 0.745. The van der Waals surface area contributed by atoms with Gasteiger partial charge in [-0.3, -0.25) is 4.79 Å². The van der Waals surface area contributed by atoms with Gasteiger partial charge in [0.25, 0.3) is 0 Å². The van der Waals surface area contributed by atoms with Crippen molar-refractivity contribution in [3.63, 3.8) is 0 Å². The van der Waals surface area contributed by atoms with Crippen molar-refractivity contribution in [2.75, 3.05) is 7.11 Å². The van der Waals surface area contributed by atoms with Crippen LogP contribution >= 0.6 is 0 Å². The van der Waals surface area contributed by atoms with Gasteiger partial charge in [0.1, 0.15) is 0 Å². The summed E-state index contributed by atoms with van der Waals surface area (Å²) in [4.78, 5) is 14.7. The van der Waals surface area contributed by atoms with Crippen molar-refractivity contribution in [3.05, 3.63) is 23.9 Å². The molecule has 13 heavy (non-hydrogen) atoms. The first kappa shape index (κ1) is 9.51. The van der Waals surface area contributed by atoms with Crippen LogP contribution in [-0.2, 0) is 11.3 Å². The number of nitrogens with one attached hydrogen (secondary N) is 1. The van der Waals surface area contributed by atoms with Crippen molar-refractivity contribution < 1.29 is 9.53 Å². The fourth-order valence-corrected chi connectivity index (χ4v) is 0.885. The van der Waals surface area contributed by atoms with Gasteiger partial charge in [-0.15, -0.1) is 0 Å². The molecule has 70 valence electrons. The van der Waals surface area contributed by atoms with Gasteiger partial charge in [-0.1, -0.05) is 6.07 Å². The van der Waals surface area contributed by atoms with Gasteiger partial charge in [0.05, 0.1) is 19.3 Å². The number of hydrogen-bond acceptors (Lipinski definition) is 3. The van der Waals surface area contributed by atoms with Crippen LogP contribution in [0.5, 0.6) is 5.88 Å². The Labute approximate surface area is 76.9 Å². The number of hydrogen-bond donors (Lipinski definition) is 1. The lowest BCUT2D eigenvalue weighted by Gasteiger charge is -2.03. The van der Waals surface area contributed by atoms with Gasteiger partial charge in [0.15, 0.2) is 0 Å². The smallest absolute Gasteiger partial charge is 0.217 e. The molecule has 0 saturated heterocycles. The lowest BCUT2D eigenvalue weighted by atomic mass is 10.3. The van der Waals surface area contributed by atoms with Crippen molar-refractivity contribution >= 4 is 5.91 Å². The van der Waals surface area contributed by atoms with Crippen molar-refractivity contribution in [2.45, 2.75) is 13.5 Å². The second-order valence-electron chi connectivity index (χ2n) is 2.58. The molecule has 1 amide bonds. The van der Waals surface area contributed by atoms with E-state index in [1.54, 1.807) is 13.2 Å². The minimum absolute atomic E-state index is 0.0652. The minimum Gasteiger partial charge on any atom is -0.481 e. The number of carbonyl (C=O) groups is 1. The molecular formula is C9H12N2O2. The number of amides is 1. The van der Waals surface area contributed by atoms with E-state index in [-0.39, 0.29) is 5.91 Å².